The van der Waals surface area contributed by atoms with Crippen molar-refractivity contribution in [2.45, 2.75) is 25.1 Å². The molecule has 2 nitrogen and oxygen atoms in total. The molecule has 1 atom stereocenters. The van der Waals surface area contributed by atoms with Crippen LogP contribution in [0.5, 0.6) is 0 Å². The second-order valence-corrected chi connectivity index (χ2v) is 4.84. The van der Waals surface area contributed by atoms with Crippen LogP contribution in [-0.2, 0) is 5.75 Å². The first-order valence-corrected chi connectivity index (χ1v) is 6.31. The first kappa shape index (κ1) is 13.0. The van der Waals surface area contributed by atoms with E-state index in [9.17, 15) is 4.39 Å². The van der Waals surface area contributed by atoms with Crippen molar-refractivity contribution < 1.29 is 4.39 Å². The van der Waals surface area contributed by atoms with Crippen LogP contribution in [0.4, 0.5) is 4.39 Å². The van der Waals surface area contributed by atoms with Gasteiger partial charge in [-0.15, -0.1) is 0 Å². The van der Waals surface area contributed by atoms with E-state index in [0.717, 1.165) is 12.2 Å². The Balaban J connectivity index is 2.50. The molecule has 0 saturated heterocycles. The van der Waals surface area contributed by atoms with Crippen LogP contribution in [0.15, 0.2) is 18.2 Å². The van der Waals surface area contributed by atoms with Crippen molar-refractivity contribution in [2.24, 2.45) is 5.73 Å². The Hall–Kier alpha value is -1.05. The van der Waals surface area contributed by atoms with Crippen LogP contribution in [-0.4, -0.2) is 11.8 Å². The topological polar surface area (TPSA) is 49.8 Å². The molecule has 0 aromatic heterocycles. The second-order valence-electron chi connectivity index (χ2n) is 3.74. The van der Waals surface area contributed by atoms with Gasteiger partial charge in [0.2, 0.25) is 0 Å². The van der Waals surface area contributed by atoms with Crippen molar-refractivity contribution in [1.29, 1.82) is 5.26 Å². The number of nitrogens with two attached hydrogens (primary N) is 1. The van der Waals surface area contributed by atoms with E-state index in [1.54, 1.807) is 17.8 Å². The lowest BCUT2D eigenvalue weighted by Crippen LogP contribution is -2.15. The van der Waals surface area contributed by atoms with Crippen LogP contribution < -0.4 is 5.73 Å². The van der Waals surface area contributed by atoms with Gasteiger partial charge in [-0.25, -0.2) is 4.39 Å². The molecule has 1 aromatic rings. The predicted octanol–water partition coefficient (Wildman–Crippen LogP) is 2.67. The van der Waals surface area contributed by atoms with E-state index < -0.39 is 0 Å². The number of halogens is 1. The monoisotopic (exact) mass is 238 g/mol. The van der Waals surface area contributed by atoms with E-state index in [-0.39, 0.29) is 11.9 Å². The molecule has 16 heavy (non-hydrogen) atoms. The van der Waals surface area contributed by atoms with E-state index in [4.69, 9.17) is 11.0 Å². The molecule has 0 bridgehead atoms. The lowest BCUT2D eigenvalue weighted by Gasteiger charge is -2.05. The summed E-state index contributed by atoms with van der Waals surface area (Å²) in [5.41, 5.74) is 6.71. The van der Waals surface area contributed by atoms with Gasteiger partial charge in [0.15, 0.2) is 0 Å². The van der Waals surface area contributed by atoms with E-state index >= 15 is 0 Å². The van der Waals surface area contributed by atoms with E-state index in [1.807, 2.05) is 13.0 Å². The van der Waals surface area contributed by atoms with Crippen LogP contribution in [0.25, 0.3) is 0 Å². The summed E-state index contributed by atoms with van der Waals surface area (Å²) in [5.74, 6) is 1.26. The highest BCUT2D eigenvalue weighted by atomic mass is 32.2. The molecule has 86 valence electrons. The Bertz CT molecular complexity index is 385. The number of rotatable bonds is 5. The minimum atomic E-state index is -0.243. The molecule has 4 heteroatoms. The Labute approximate surface area is 99.6 Å². The Morgan fingerprint density at radius 2 is 2.31 bits per heavy atom. The predicted molar refractivity (Wildman–Crippen MR) is 65.5 cm³/mol. The quantitative estimate of drug-likeness (QED) is 0.802. The van der Waals surface area contributed by atoms with E-state index in [2.05, 4.69) is 0 Å². The van der Waals surface area contributed by atoms with Crippen molar-refractivity contribution in [3.8, 4) is 6.07 Å². The molecule has 2 N–H and O–H groups in total. The van der Waals surface area contributed by atoms with Gasteiger partial charge in [0.1, 0.15) is 5.82 Å². The van der Waals surface area contributed by atoms with Gasteiger partial charge >= 0.3 is 0 Å². The fourth-order valence-electron chi connectivity index (χ4n) is 1.21. The summed E-state index contributed by atoms with van der Waals surface area (Å²) >= 11 is 1.64. The zero-order valence-electron chi connectivity index (χ0n) is 9.24. The zero-order chi connectivity index (χ0) is 12.0. The number of thioether (sulfide) groups is 1. The molecule has 1 aromatic carbocycles. The van der Waals surface area contributed by atoms with Crippen molar-refractivity contribution in [3.05, 3.63) is 35.1 Å². The molecule has 1 unspecified atom stereocenters. The molecule has 0 aliphatic heterocycles. The van der Waals surface area contributed by atoms with Crippen molar-refractivity contribution >= 4 is 11.8 Å². The average Bonchev–Trinajstić information content (AvgIpc) is 2.26. The van der Waals surface area contributed by atoms with Gasteiger partial charge < -0.3 is 5.73 Å². The molecule has 0 aliphatic carbocycles. The van der Waals surface area contributed by atoms with Gasteiger partial charge in [0.05, 0.1) is 11.6 Å². The highest BCUT2D eigenvalue weighted by Gasteiger charge is 2.04. The summed E-state index contributed by atoms with van der Waals surface area (Å²) in [6.07, 6.45) is 0.921. The minimum absolute atomic E-state index is 0.183. The largest absolute Gasteiger partial charge is 0.328 e. The number of hydrogen-bond acceptors (Lipinski definition) is 3. The molecule has 0 heterocycles. The summed E-state index contributed by atoms with van der Waals surface area (Å²) < 4.78 is 13.3. The minimum Gasteiger partial charge on any atom is -0.328 e. The summed E-state index contributed by atoms with van der Waals surface area (Å²) in [7, 11) is 0. The summed E-state index contributed by atoms with van der Waals surface area (Å²) in [6.45, 7) is 1.96. The van der Waals surface area contributed by atoms with Gasteiger partial charge in [-0.3, -0.25) is 0 Å². The van der Waals surface area contributed by atoms with Gasteiger partial charge in [-0.1, -0.05) is 0 Å². The molecule has 0 spiro atoms. The average molecular weight is 238 g/mol. The van der Waals surface area contributed by atoms with Crippen LogP contribution in [0.2, 0.25) is 0 Å². The SMILES string of the molecule is CC(N)CCSCc1cc(C#N)ccc1F. The fourth-order valence-corrected chi connectivity index (χ4v) is 2.33. The first-order valence-electron chi connectivity index (χ1n) is 5.15. The molecule has 0 fully saturated rings. The van der Waals surface area contributed by atoms with Gasteiger partial charge in [-0.05, 0) is 42.9 Å². The van der Waals surface area contributed by atoms with Crippen LogP contribution in [0, 0.1) is 17.1 Å². The lowest BCUT2D eigenvalue weighted by molar-refractivity contribution is 0.617. The molecule has 0 aliphatic rings. The third kappa shape index (κ3) is 4.21. The van der Waals surface area contributed by atoms with Crippen LogP contribution in [0.3, 0.4) is 0 Å². The molecular weight excluding hydrogens is 223 g/mol. The molecule has 1 rings (SSSR count). The van der Waals surface area contributed by atoms with Gasteiger partial charge in [0.25, 0.3) is 0 Å². The Morgan fingerprint density at radius 3 is 2.94 bits per heavy atom. The smallest absolute Gasteiger partial charge is 0.127 e. The summed E-state index contributed by atoms with van der Waals surface area (Å²) in [6, 6.07) is 6.63. The van der Waals surface area contributed by atoms with Gasteiger partial charge in [-0.2, -0.15) is 17.0 Å². The third-order valence-electron chi connectivity index (χ3n) is 2.15. The normalized spacial score (nSPS) is 12.1. The van der Waals surface area contributed by atoms with Crippen molar-refractivity contribution in [1.82, 2.24) is 0 Å². The fraction of sp³-hybridized carbons (Fsp3) is 0.417. The van der Waals surface area contributed by atoms with Gasteiger partial charge in [0, 0.05) is 11.8 Å². The summed E-state index contributed by atoms with van der Waals surface area (Å²) in [4.78, 5) is 0. The molecule has 0 amide bonds. The number of nitriles is 1. The number of benzene rings is 1. The molecule has 0 radical (unpaired) electrons. The van der Waals surface area contributed by atoms with Crippen molar-refractivity contribution in [2.75, 3.05) is 5.75 Å². The zero-order valence-corrected chi connectivity index (χ0v) is 10.1. The lowest BCUT2D eigenvalue weighted by atomic mass is 10.1. The maximum Gasteiger partial charge on any atom is 0.127 e. The van der Waals surface area contributed by atoms with Crippen LogP contribution in [0.1, 0.15) is 24.5 Å². The first-order chi connectivity index (χ1) is 7.63. The van der Waals surface area contributed by atoms with E-state index in [0.29, 0.717) is 16.9 Å². The highest BCUT2D eigenvalue weighted by Crippen LogP contribution is 2.18. The maximum atomic E-state index is 13.3. The van der Waals surface area contributed by atoms with Crippen molar-refractivity contribution in [3.63, 3.8) is 0 Å². The summed E-state index contributed by atoms with van der Waals surface area (Å²) in [5, 5.41) is 8.70. The highest BCUT2D eigenvalue weighted by molar-refractivity contribution is 7.98. The second kappa shape index (κ2) is 6.51. The van der Waals surface area contributed by atoms with Crippen LogP contribution >= 0.6 is 11.8 Å². The standard InChI is InChI=1S/C12H15FN2S/c1-9(15)4-5-16-8-11-6-10(7-14)2-3-12(11)13/h2-3,6,9H,4-5,8,15H2,1H3. The molecule has 0 saturated carbocycles. The maximum absolute atomic E-state index is 13.3. The van der Waals surface area contributed by atoms with E-state index in [1.165, 1.54) is 12.1 Å². The number of nitrogens with zero attached hydrogens (tertiary/aromatic N) is 1. The molecular formula is C12H15FN2S. The Morgan fingerprint density at radius 1 is 1.56 bits per heavy atom. The Kier molecular flexibility index (Phi) is 5.30. The third-order valence-corrected chi connectivity index (χ3v) is 3.19. The number of hydrogen-bond donors (Lipinski definition) is 1.